The normalized spacial score (nSPS) is 52.2. The summed E-state index contributed by atoms with van der Waals surface area (Å²) in [6, 6.07) is 0. The predicted octanol–water partition coefficient (Wildman–Crippen LogP) is 6.29. The third-order valence-corrected chi connectivity index (χ3v) is 13.2. The average Bonchev–Trinajstić information content (AvgIpc) is 2.77. The second-order valence-corrected chi connectivity index (χ2v) is 15.4. The van der Waals surface area contributed by atoms with Crippen molar-refractivity contribution in [2.24, 2.45) is 50.2 Å². The first-order valence-electron chi connectivity index (χ1n) is 14.2. The lowest BCUT2D eigenvalue weighted by atomic mass is 9.33. The molecule has 4 saturated carbocycles. The number of fused-ring (bicyclic) bond motifs is 7. The Morgan fingerprint density at radius 3 is 2.23 bits per heavy atom. The van der Waals surface area contributed by atoms with Gasteiger partial charge < -0.3 is 14.9 Å². The fraction of sp³-hybridized carbons (Fsp3) is 0.903. The summed E-state index contributed by atoms with van der Waals surface area (Å²) in [5.74, 6) is 1.13. The molecule has 0 radical (unpaired) electrons. The molecule has 5 aliphatic rings. The Morgan fingerprint density at radius 2 is 1.57 bits per heavy atom. The molecule has 0 spiro atoms. The Labute approximate surface area is 213 Å². The highest BCUT2D eigenvalue weighted by Gasteiger charge is 2.70. The summed E-state index contributed by atoms with van der Waals surface area (Å²) in [6.07, 6.45) is 10.2. The highest BCUT2D eigenvalue weighted by Crippen LogP contribution is 2.75. The predicted molar refractivity (Wildman–Crippen MR) is 138 cm³/mol. The van der Waals surface area contributed by atoms with E-state index in [1.54, 1.807) is 12.7 Å². The smallest absolute Gasteiger partial charge is 0.312 e. The molecule has 9 atom stereocenters. The van der Waals surface area contributed by atoms with Crippen LogP contribution in [0.3, 0.4) is 0 Å². The van der Waals surface area contributed by atoms with Crippen LogP contribution in [0.25, 0.3) is 0 Å². The number of carbonyl (C=O) groups is 1. The van der Waals surface area contributed by atoms with Gasteiger partial charge in [0.1, 0.15) is 0 Å². The molecule has 0 aromatic carbocycles. The van der Waals surface area contributed by atoms with Gasteiger partial charge in [0.2, 0.25) is 0 Å². The maximum atomic E-state index is 13.4. The van der Waals surface area contributed by atoms with E-state index in [1.807, 2.05) is 0 Å². The van der Waals surface area contributed by atoms with Gasteiger partial charge in [-0.3, -0.25) is 4.79 Å². The van der Waals surface area contributed by atoms with Crippen molar-refractivity contribution >= 4 is 5.97 Å². The second kappa shape index (κ2) is 7.59. The maximum Gasteiger partial charge on any atom is 0.312 e. The van der Waals surface area contributed by atoms with E-state index in [9.17, 15) is 15.0 Å². The molecule has 2 N–H and O–H groups in total. The first kappa shape index (κ1) is 25.8. The van der Waals surface area contributed by atoms with Gasteiger partial charge in [0.25, 0.3) is 0 Å². The summed E-state index contributed by atoms with van der Waals surface area (Å²) < 4.78 is 5.48. The zero-order chi connectivity index (χ0) is 25.8. The van der Waals surface area contributed by atoms with E-state index in [1.165, 1.54) is 0 Å². The van der Waals surface area contributed by atoms with Crippen LogP contribution in [0, 0.1) is 50.2 Å². The lowest BCUT2D eigenvalue weighted by molar-refractivity contribution is -0.232. The Hall–Kier alpha value is -0.870. The number of aliphatic hydroxyl groups excluding tert-OH is 2. The average molecular weight is 487 g/mol. The van der Waals surface area contributed by atoms with E-state index in [0.717, 1.165) is 51.4 Å². The van der Waals surface area contributed by atoms with Crippen LogP contribution in [0.2, 0.25) is 0 Å². The van der Waals surface area contributed by atoms with Crippen molar-refractivity contribution < 1.29 is 19.7 Å². The van der Waals surface area contributed by atoms with Crippen LogP contribution in [0.4, 0.5) is 0 Å². The van der Waals surface area contributed by atoms with Crippen molar-refractivity contribution in [1.82, 2.24) is 0 Å². The van der Waals surface area contributed by atoms with Gasteiger partial charge in [0, 0.05) is 0 Å². The van der Waals surface area contributed by atoms with Crippen LogP contribution in [0.1, 0.15) is 106 Å². The van der Waals surface area contributed by atoms with Crippen molar-refractivity contribution in [2.75, 3.05) is 7.11 Å². The summed E-state index contributed by atoms with van der Waals surface area (Å²) in [6.45, 7) is 16.6. The number of esters is 1. The lowest BCUT2D eigenvalue weighted by Gasteiger charge is -2.71. The molecule has 4 fully saturated rings. The molecule has 5 aliphatic carbocycles. The van der Waals surface area contributed by atoms with Crippen LogP contribution in [0.5, 0.6) is 0 Å². The summed E-state index contributed by atoms with van der Waals surface area (Å²) in [5, 5.41) is 21.9. The van der Waals surface area contributed by atoms with Crippen molar-refractivity contribution in [2.45, 2.75) is 118 Å². The molecule has 0 aromatic rings. The monoisotopic (exact) mass is 486 g/mol. The number of methoxy groups -OCH3 is 1. The molecular formula is C31H50O4. The van der Waals surface area contributed by atoms with E-state index in [-0.39, 0.29) is 44.4 Å². The van der Waals surface area contributed by atoms with Gasteiger partial charge in [-0.25, -0.2) is 0 Å². The zero-order valence-corrected chi connectivity index (χ0v) is 23.5. The maximum absolute atomic E-state index is 13.4. The Morgan fingerprint density at radius 1 is 0.914 bits per heavy atom. The topological polar surface area (TPSA) is 66.8 Å². The first-order chi connectivity index (χ1) is 16.1. The second-order valence-electron chi connectivity index (χ2n) is 15.4. The molecule has 4 heteroatoms. The molecule has 5 unspecified atom stereocenters. The van der Waals surface area contributed by atoms with Gasteiger partial charge in [-0.05, 0) is 103 Å². The summed E-state index contributed by atoms with van der Waals surface area (Å²) >= 11 is 0. The molecule has 5 rings (SSSR count). The number of aliphatic hydroxyl groups is 2. The Balaban J connectivity index is 1.61. The van der Waals surface area contributed by atoms with Crippen LogP contribution < -0.4 is 0 Å². The van der Waals surface area contributed by atoms with Crippen molar-refractivity contribution in [1.29, 1.82) is 0 Å². The molecule has 0 aliphatic heterocycles. The lowest BCUT2D eigenvalue weighted by Crippen LogP contribution is -2.67. The molecule has 0 heterocycles. The molecule has 0 saturated heterocycles. The van der Waals surface area contributed by atoms with Gasteiger partial charge >= 0.3 is 5.97 Å². The summed E-state index contributed by atoms with van der Waals surface area (Å²) in [4.78, 5) is 13.4. The quantitative estimate of drug-likeness (QED) is 0.337. The van der Waals surface area contributed by atoms with Crippen molar-refractivity contribution in [3.05, 3.63) is 11.6 Å². The third-order valence-electron chi connectivity index (χ3n) is 13.2. The number of ether oxygens (including phenoxy) is 1. The number of hydrogen-bond acceptors (Lipinski definition) is 4. The third kappa shape index (κ3) is 3.14. The molecular weight excluding hydrogens is 436 g/mol. The zero-order valence-electron chi connectivity index (χ0n) is 23.5. The minimum Gasteiger partial charge on any atom is -0.469 e. The summed E-state index contributed by atoms with van der Waals surface area (Å²) in [7, 11) is 1.57. The van der Waals surface area contributed by atoms with E-state index in [4.69, 9.17) is 4.74 Å². The van der Waals surface area contributed by atoms with Gasteiger partial charge in [-0.1, -0.05) is 60.1 Å². The number of hydrogen-bond donors (Lipinski definition) is 2. The number of carbonyl (C=O) groups excluding carboxylic acids is 1. The van der Waals surface area contributed by atoms with Gasteiger partial charge in [0.15, 0.2) is 0 Å². The van der Waals surface area contributed by atoms with Crippen LogP contribution >= 0.6 is 0 Å². The van der Waals surface area contributed by atoms with Crippen LogP contribution in [0.15, 0.2) is 11.6 Å². The number of allylic oxidation sites excluding steroid dienone is 2. The van der Waals surface area contributed by atoms with E-state index in [0.29, 0.717) is 18.3 Å². The highest BCUT2D eigenvalue weighted by molar-refractivity contribution is 5.78. The minimum atomic E-state index is -0.663. The fourth-order valence-electron chi connectivity index (χ4n) is 11.0. The molecule has 198 valence electrons. The Kier molecular flexibility index (Phi) is 5.59. The Bertz CT molecular complexity index is 934. The highest BCUT2D eigenvalue weighted by atomic mass is 16.5. The van der Waals surface area contributed by atoms with E-state index in [2.05, 4.69) is 54.5 Å². The summed E-state index contributed by atoms with van der Waals surface area (Å²) in [5.41, 5.74) is 1.26. The molecule has 35 heavy (non-hydrogen) atoms. The SMILES string of the molecule is COC(=O)[C@]12CCC(C)(C)CC1C1=CCC3C(C)(CCC4C(C)(C)[C@@H](O)C(O)C[C@@]43C)[C@@]1(C)CC2. The largest absolute Gasteiger partial charge is 0.469 e. The molecule has 4 nitrogen and oxygen atoms in total. The van der Waals surface area contributed by atoms with E-state index < -0.39 is 12.2 Å². The van der Waals surface area contributed by atoms with E-state index >= 15 is 0 Å². The molecule has 0 bridgehead atoms. The molecule has 0 amide bonds. The van der Waals surface area contributed by atoms with Gasteiger partial charge in [0.05, 0.1) is 24.7 Å². The molecule has 0 aromatic heterocycles. The van der Waals surface area contributed by atoms with Gasteiger partial charge in [-0.2, -0.15) is 0 Å². The van der Waals surface area contributed by atoms with Crippen molar-refractivity contribution in [3.8, 4) is 0 Å². The minimum absolute atomic E-state index is 0.00929. The standard InChI is InChI=1S/C31H50O4/c1-26(2)13-15-31(25(34)35-8)16-14-29(6)19(20(31)17-26)9-10-23-28(5)18-21(32)24(33)27(3,4)22(28)11-12-30(23,29)7/h9,20-24,32-33H,10-18H2,1-8H3/t20?,21?,22?,23?,24-,28-,29-,30?,31-/m0/s1. The fourth-order valence-corrected chi connectivity index (χ4v) is 11.0. The van der Waals surface area contributed by atoms with Crippen LogP contribution in [-0.2, 0) is 9.53 Å². The number of rotatable bonds is 1. The van der Waals surface area contributed by atoms with Crippen molar-refractivity contribution in [3.63, 3.8) is 0 Å². The first-order valence-corrected chi connectivity index (χ1v) is 14.2. The van der Waals surface area contributed by atoms with Gasteiger partial charge in [-0.15, -0.1) is 0 Å². The van der Waals surface area contributed by atoms with Crippen LogP contribution in [-0.4, -0.2) is 35.5 Å².